The van der Waals surface area contributed by atoms with Crippen LogP contribution in [0.15, 0.2) is 29.2 Å². The summed E-state index contributed by atoms with van der Waals surface area (Å²) in [7, 11) is 0. The van der Waals surface area contributed by atoms with E-state index in [0.29, 0.717) is 27.7 Å². The van der Waals surface area contributed by atoms with Gasteiger partial charge in [0.1, 0.15) is 4.32 Å². The molecule has 0 radical (unpaired) electrons. The number of amides is 1. The van der Waals surface area contributed by atoms with Crippen molar-refractivity contribution in [1.29, 1.82) is 0 Å². The molecule has 27 heavy (non-hydrogen) atoms. The zero-order valence-electron chi connectivity index (χ0n) is 16.0. The number of hydrogen-bond donors (Lipinski definition) is 0. The van der Waals surface area contributed by atoms with Crippen molar-refractivity contribution in [2.45, 2.75) is 27.7 Å². The molecule has 0 N–H and O–H groups in total. The molecule has 0 aliphatic carbocycles. The number of carbonyl (C=O) groups excluding carboxylic acids is 1. The first-order valence-electron chi connectivity index (χ1n) is 8.89. The van der Waals surface area contributed by atoms with Crippen LogP contribution in [0.25, 0.3) is 6.08 Å². The predicted octanol–water partition coefficient (Wildman–Crippen LogP) is 4.37. The molecule has 0 aromatic heterocycles. The molecule has 0 bridgehead atoms. The van der Waals surface area contributed by atoms with Gasteiger partial charge in [-0.3, -0.25) is 24.7 Å². The topological polar surface area (TPSA) is 66.7 Å². The van der Waals surface area contributed by atoms with E-state index < -0.39 is 4.92 Å². The van der Waals surface area contributed by atoms with Crippen molar-refractivity contribution in [3.8, 4) is 0 Å². The number of benzene rings is 1. The molecule has 6 nitrogen and oxygen atoms in total. The highest BCUT2D eigenvalue weighted by Gasteiger charge is 2.33. The lowest BCUT2D eigenvalue weighted by Crippen LogP contribution is -2.43. The Morgan fingerprint density at radius 3 is 2.22 bits per heavy atom. The molecule has 0 unspecified atom stereocenters. The highest BCUT2D eigenvalue weighted by Crippen LogP contribution is 2.33. The fraction of sp³-hybridized carbons (Fsp3) is 0.474. The summed E-state index contributed by atoms with van der Waals surface area (Å²) < 4.78 is 0.547. The van der Waals surface area contributed by atoms with Crippen molar-refractivity contribution >= 4 is 46.0 Å². The number of non-ortho nitro benzene ring substituents is 1. The van der Waals surface area contributed by atoms with E-state index in [4.69, 9.17) is 12.2 Å². The van der Waals surface area contributed by atoms with Crippen molar-refractivity contribution < 1.29 is 9.72 Å². The Morgan fingerprint density at radius 2 is 1.74 bits per heavy atom. The van der Waals surface area contributed by atoms with Crippen LogP contribution in [0.2, 0.25) is 0 Å². The quantitative estimate of drug-likeness (QED) is 0.276. The average Bonchev–Trinajstić information content (AvgIpc) is 2.81. The summed E-state index contributed by atoms with van der Waals surface area (Å²) in [6, 6.07) is 6.13. The SMILES string of the molecule is CC(C)CN(CC(C)C)CN1C(=O)/C(=C\c2ccc([N+](=O)[O-])cc2)SC1=S. The van der Waals surface area contributed by atoms with Crippen LogP contribution in [-0.2, 0) is 4.79 Å². The van der Waals surface area contributed by atoms with Crippen LogP contribution in [0, 0.1) is 22.0 Å². The minimum Gasteiger partial charge on any atom is -0.285 e. The summed E-state index contributed by atoms with van der Waals surface area (Å²) in [6.45, 7) is 10.9. The van der Waals surface area contributed by atoms with Crippen molar-refractivity contribution in [2.24, 2.45) is 11.8 Å². The summed E-state index contributed by atoms with van der Waals surface area (Å²) >= 11 is 6.70. The molecule has 0 saturated carbocycles. The van der Waals surface area contributed by atoms with Crippen LogP contribution in [-0.4, -0.2) is 44.7 Å². The lowest BCUT2D eigenvalue weighted by atomic mass is 10.1. The maximum absolute atomic E-state index is 12.8. The number of hydrogen-bond acceptors (Lipinski definition) is 6. The van der Waals surface area contributed by atoms with Crippen LogP contribution < -0.4 is 0 Å². The Bertz CT molecular complexity index is 735. The molecule has 0 atom stereocenters. The van der Waals surface area contributed by atoms with E-state index in [2.05, 4.69) is 32.6 Å². The highest BCUT2D eigenvalue weighted by atomic mass is 32.2. The van der Waals surface area contributed by atoms with E-state index in [0.717, 1.165) is 18.7 Å². The molecular weight excluding hydrogens is 382 g/mol. The van der Waals surface area contributed by atoms with E-state index in [9.17, 15) is 14.9 Å². The zero-order chi connectivity index (χ0) is 20.1. The van der Waals surface area contributed by atoms with E-state index >= 15 is 0 Å². The van der Waals surface area contributed by atoms with Gasteiger partial charge < -0.3 is 0 Å². The van der Waals surface area contributed by atoms with Gasteiger partial charge in [-0.25, -0.2) is 0 Å². The Kier molecular flexibility index (Phi) is 7.52. The van der Waals surface area contributed by atoms with Gasteiger partial charge >= 0.3 is 0 Å². The van der Waals surface area contributed by atoms with Crippen molar-refractivity contribution in [1.82, 2.24) is 9.80 Å². The van der Waals surface area contributed by atoms with Gasteiger partial charge in [-0.1, -0.05) is 51.7 Å². The van der Waals surface area contributed by atoms with Gasteiger partial charge in [-0.2, -0.15) is 0 Å². The average molecular weight is 408 g/mol. The number of nitro groups is 1. The second-order valence-corrected chi connectivity index (χ2v) is 9.10. The lowest BCUT2D eigenvalue weighted by Gasteiger charge is -2.29. The number of thiocarbonyl (C=S) groups is 1. The Balaban J connectivity index is 2.13. The van der Waals surface area contributed by atoms with Crippen LogP contribution in [0.1, 0.15) is 33.3 Å². The largest absolute Gasteiger partial charge is 0.285 e. The van der Waals surface area contributed by atoms with Gasteiger partial charge in [0.05, 0.1) is 16.5 Å². The standard InChI is InChI=1S/C19H25N3O3S2/c1-13(2)10-20(11-14(3)4)12-21-18(23)17(27-19(21)26)9-15-5-7-16(8-6-15)22(24)25/h5-9,13-14H,10-12H2,1-4H3/b17-9+. The predicted molar refractivity (Wildman–Crippen MR) is 114 cm³/mol. The first kappa shape index (κ1) is 21.5. The zero-order valence-corrected chi connectivity index (χ0v) is 17.7. The van der Waals surface area contributed by atoms with E-state index in [1.807, 2.05) is 0 Å². The molecule has 1 aromatic rings. The molecule has 1 aromatic carbocycles. The molecule has 1 aliphatic heterocycles. The second kappa shape index (κ2) is 9.43. The fourth-order valence-electron chi connectivity index (χ4n) is 2.89. The van der Waals surface area contributed by atoms with Gasteiger partial charge in [0.25, 0.3) is 11.6 Å². The van der Waals surface area contributed by atoms with Crippen LogP contribution in [0.5, 0.6) is 0 Å². The Morgan fingerprint density at radius 1 is 1.19 bits per heavy atom. The number of nitro benzene ring substituents is 1. The molecule has 1 aliphatic rings. The molecule has 146 valence electrons. The Labute approximate surface area is 169 Å². The molecule has 1 fully saturated rings. The third-order valence-corrected chi connectivity index (χ3v) is 5.24. The lowest BCUT2D eigenvalue weighted by molar-refractivity contribution is -0.384. The third-order valence-electron chi connectivity index (χ3n) is 3.86. The third kappa shape index (κ3) is 6.12. The van der Waals surface area contributed by atoms with Crippen LogP contribution in [0.4, 0.5) is 5.69 Å². The highest BCUT2D eigenvalue weighted by molar-refractivity contribution is 8.26. The van der Waals surface area contributed by atoms with Crippen molar-refractivity contribution in [3.05, 3.63) is 44.8 Å². The fourth-order valence-corrected chi connectivity index (χ4v) is 4.13. The number of carbonyl (C=O) groups is 1. The summed E-state index contributed by atoms with van der Waals surface area (Å²) in [5.74, 6) is 0.886. The second-order valence-electron chi connectivity index (χ2n) is 7.42. The first-order valence-corrected chi connectivity index (χ1v) is 10.1. The monoisotopic (exact) mass is 407 g/mol. The van der Waals surface area contributed by atoms with Crippen LogP contribution in [0.3, 0.4) is 0 Å². The minimum absolute atomic E-state index is 0.0257. The minimum atomic E-state index is -0.443. The summed E-state index contributed by atoms with van der Waals surface area (Å²) in [6.07, 6.45) is 1.73. The normalized spacial score (nSPS) is 16.4. The van der Waals surface area contributed by atoms with E-state index in [1.54, 1.807) is 23.1 Å². The summed E-state index contributed by atoms with van der Waals surface area (Å²) in [5, 5.41) is 10.8. The first-order chi connectivity index (χ1) is 12.7. The molecular formula is C19H25N3O3S2. The van der Waals surface area contributed by atoms with Crippen LogP contribution >= 0.6 is 24.0 Å². The van der Waals surface area contributed by atoms with Gasteiger partial charge in [0.2, 0.25) is 0 Å². The van der Waals surface area contributed by atoms with E-state index in [-0.39, 0.29) is 11.6 Å². The smallest absolute Gasteiger partial charge is 0.269 e. The summed E-state index contributed by atoms with van der Waals surface area (Å²) in [4.78, 5) is 27.6. The van der Waals surface area contributed by atoms with E-state index in [1.165, 1.54) is 23.9 Å². The van der Waals surface area contributed by atoms with Crippen molar-refractivity contribution in [3.63, 3.8) is 0 Å². The van der Waals surface area contributed by atoms with Gasteiger partial charge in [0.15, 0.2) is 0 Å². The molecule has 1 heterocycles. The molecule has 8 heteroatoms. The maximum atomic E-state index is 12.8. The van der Waals surface area contributed by atoms with Gasteiger partial charge in [-0.15, -0.1) is 0 Å². The maximum Gasteiger partial charge on any atom is 0.269 e. The molecule has 0 spiro atoms. The van der Waals surface area contributed by atoms with Gasteiger partial charge in [-0.05, 0) is 35.6 Å². The number of thioether (sulfide) groups is 1. The Hall–Kier alpha value is -1.77. The van der Waals surface area contributed by atoms with Crippen molar-refractivity contribution in [2.75, 3.05) is 19.8 Å². The molecule has 1 amide bonds. The number of rotatable bonds is 8. The molecule has 2 rings (SSSR count). The summed E-state index contributed by atoms with van der Waals surface area (Å²) in [5.41, 5.74) is 0.764. The number of nitrogens with zero attached hydrogens (tertiary/aromatic N) is 3. The van der Waals surface area contributed by atoms with Gasteiger partial charge in [0, 0.05) is 25.2 Å². The molecule has 1 saturated heterocycles.